The average molecular weight is 492 g/mol. The highest BCUT2D eigenvalue weighted by Gasteiger charge is 2.16. The van der Waals surface area contributed by atoms with E-state index in [4.69, 9.17) is 19.3 Å². The van der Waals surface area contributed by atoms with Gasteiger partial charge in [-0.25, -0.2) is 9.78 Å². The molecule has 0 saturated heterocycles. The zero-order valence-corrected chi connectivity index (χ0v) is 20.5. The van der Waals surface area contributed by atoms with E-state index in [0.29, 0.717) is 30.1 Å². The molecule has 180 valence electrons. The quantitative estimate of drug-likeness (QED) is 0.316. The number of aromatic carboxylic acids is 1. The molecular formula is C27H25NO6S. The van der Waals surface area contributed by atoms with Crippen molar-refractivity contribution in [1.82, 2.24) is 4.98 Å². The van der Waals surface area contributed by atoms with Gasteiger partial charge in [0.2, 0.25) is 5.75 Å². The van der Waals surface area contributed by atoms with Crippen LogP contribution in [0.25, 0.3) is 21.3 Å². The molecule has 0 radical (unpaired) electrons. The molecule has 3 aromatic carbocycles. The van der Waals surface area contributed by atoms with Crippen LogP contribution < -0.4 is 14.2 Å². The van der Waals surface area contributed by atoms with Gasteiger partial charge in [-0.1, -0.05) is 18.2 Å². The van der Waals surface area contributed by atoms with Gasteiger partial charge in [-0.15, -0.1) is 11.3 Å². The van der Waals surface area contributed by atoms with E-state index in [1.807, 2.05) is 36.4 Å². The van der Waals surface area contributed by atoms with Crippen molar-refractivity contribution in [1.29, 1.82) is 0 Å². The minimum atomic E-state index is -0.974. The lowest BCUT2D eigenvalue weighted by atomic mass is 10.0. The third-order valence-electron chi connectivity index (χ3n) is 5.65. The molecule has 1 N–H and O–H groups in total. The molecule has 0 spiro atoms. The second-order valence-electron chi connectivity index (χ2n) is 7.93. The Morgan fingerprint density at radius 2 is 1.66 bits per heavy atom. The number of hydrogen-bond acceptors (Lipinski definition) is 7. The zero-order valence-electron chi connectivity index (χ0n) is 19.7. The Bertz CT molecular complexity index is 1370. The van der Waals surface area contributed by atoms with Crippen LogP contribution in [0.2, 0.25) is 0 Å². The van der Waals surface area contributed by atoms with E-state index in [-0.39, 0.29) is 17.8 Å². The highest BCUT2D eigenvalue weighted by Crippen LogP contribution is 2.41. The molecule has 0 bridgehead atoms. The monoisotopic (exact) mass is 491 g/mol. The summed E-state index contributed by atoms with van der Waals surface area (Å²) in [4.78, 5) is 28.3. The number of ether oxygens (including phenoxy) is 3. The summed E-state index contributed by atoms with van der Waals surface area (Å²) >= 11 is 1.49. The molecule has 1 heterocycles. The number of fused-ring (bicyclic) bond motifs is 1. The fourth-order valence-electron chi connectivity index (χ4n) is 3.88. The van der Waals surface area contributed by atoms with E-state index >= 15 is 0 Å². The molecule has 8 heteroatoms. The molecule has 4 rings (SSSR count). The van der Waals surface area contributed by atoms with Crippen molar-refractivity contribution in [2.45, 2.75) is 19.3 Å². The van der Waals surface area contributed by atoms with Crippen LogP contribution in [0.15, 0.2) is 54.6 Å². The summed E-state index contributed by atoms with van der Waals surface area (Å²) in [5.74, 6) is 0.777. The van der Waals surface area contributed by atoms with Crippen molar-refractivity contribution in [3.8, 4) is 28.4 Å². The number of rotatable bonds is 10. The minimum Gasteiger partial charge on any atom is -0.493 e. The van der Waals surface area contributed by atoms with Crippen LogP contribution in [0.1, 0.15) is 27.3 Å². The van der Waals surface area contributed by atoms with Crippen LogP contribution in [0, 0.1) is 0 Å². The minimum absolute atomic E-state index is 0.0645. The van der Waals surface area contributed by atoms with Crippen molar-refractivity contribution in [3.05, 3.63) is 70.7 Å². The molecule has 0 unspecified atom stereocenters. The first kappa shape index (κ1) is 24.2. The Labute approximate surface area is 206 Å². The third kappa shape index (κ3) is 5.44. The van der Waals surface area contributed by atoms with Crippen molar-refractivity contribution < 1.29 is 28.9 Å². The molecule has 0 aliphatic rings. The highest BCUT2D eigenvalue weighted by molar-refractivity contribution is 7.18. The molecule has 7 nitrogen and oxygen atoms in total. The maximum atomic E-state index is 12.6. The first-order valence-electron chi connectivity index (χ1n) is 11.0. The van der Waals surface area contributed by atoms with E-state index in [2.05, 4.69) is 4.98 Å². The van der Waals surface area contributed by atoms with Crippen molar-refractivity contribution in [3.63, 3.8) is 0 Å². The lowest BCUT2D eigenvalue weighted by Gasteiger charge is -2.14. The average Bonchev–Trinajstić information content (AvgIpc) is 3.27. The highest BCUT2D eigenvalue weighted by atomic mass is 32.1. The molecule has 0 fully saturated rings. The molecule has 0 aliphatic heterocycles. The number of carboxylic acids is 1. The van der Waals surface area contributed by atoms with E-state index in [1.165, 1.54) is 11.3 Å². The summed E-state index contributed by atoms with van der Waals surface area (Å²) in [5, 5.41) is 9.88. The first-order valence-corrected chi connectivity index (χ1v) is 11.8. The van der Waals surface area contributed by atoms with Gasteiger partial charge in [0.15, 0.2) is 11.5 Å². The number of aryl methyl sites for hydroxylation is 1. The normalized spacial score (nSPS) is 10.8. The maximum absolute atomic E-state index is 12.6. The van der Waals surface area contributed by atoms with Crippen molar-refractivity contribution >= 4 is 33.3 Å². The Balaban J connectivity index is 1.50. The summed E-state index contributed by atoms with van der Waals surface area (Å²) in [7, 11) is 4.73. The van der Waals surface area contributed by atoms with Crippen molar-refractivity contribution in [2.24, 2.45) is 0 Å². The Kier molecular flexibility index (Phi) is 7.31. The zero-order chi connectivity index (χ0) is 24.9. The molecule has 0 aliphatic carbocycles. The topological polar surface area (TPSA) is 95.0 Å². The standard InChI is InChI=1S/C27H25NO6S/c1-32-22-12-19(13-23(33-2)26(22)34-3)17-8-10-21-24(14-17)35-25(28-21)15-20(29)9-7-16-5-4-6-18(11-16)27(30)31/h4-6,8,10-14H,7,9,15H2,1-3H3,(H,30,31). The fourth-order valence-corrected chi connectivity index (χ4v) is 4.91. The van der Waals surface area contributed by atoms with Gasteiger partial charge in [0.25, 0.3) is 0 Å². The Morgan fingerprint density at radius 3 is 2.31 bits per heavy atom. The molecular weight excluding hydrogens is 466 g/mol. The summed E-state index contributed by atoms with van der Waals surface area (Å²) in [6.45, 7) is 0. The van der Waals surface area contributed by atoms with Crippen LogP contribution in [0.5, 0.6) is 17.2 Å². The van der Waals surface area contributed by atoms with Crippen LogP contribution in [-0.4, -0.2) is 43.2 Å². The number of ketones is 1. The van der Waals surface area contributed by atoms with E-state index in [1.54, 1.807) is 39.5 Å². The van der Waals surface area contributed by atoms with Gasteiger partial charge in [0.1, 0.15) is 10.8 Å². The lowest BCUT2D eigenvalue weighted by molar-refractivity contribution is -0.118. The van der Waals surface area contributed by atoms with Crippen LogP contribution in [0.3, 0.4) is 0 Å². The van der Waals surface area contributed by atoms with Gasteiger partial charge in [-0.3, -0.25) is 4.79 Å². The first-order chi connectivity index (χ1) is 16.9. The number of Topliss-reactive ketones (excluding diaryl/α,β-unsaturated/α-hetero) is 1. The predicted octanol–water partition coefficient (Wildman–Crippen LogP) is 5.43. The third-order valence-corrected chi connectivity index (χ3v) is 6.66. The molecule has 1 aromatic heterocycles. The Morgan fingerprint density at radius 1 is 0.914 bits per heavy atom. The van der Waals surface area contributed by atoms with Crippen LogP contribution in [0.4, 0.5) is 0 Å². The summed E-state index contributed by atoms with van der Waals surface area (Å²) in [5.41, 5.74) is 3.78. The molecule has 0 saturated carbocycles. The Hall–Kier alpha value is -3.91. The van der Waals surface area contributed by atoms with Crippen LogP contribution >= 0.6 is 11.3 Å². The number of thiazole rings is 1. The number of nitrogens with zero attached hydrogens (tertiary/aromatic N) is 1. The van der Waals surface area contributed by atoms with Gasteiger partial charge < -0.3 is 19.3 Å². The van der Waals surface area contributed by atoms with E-state index in [0.717, 1.165) is 31.9 Å². The second-order valence-corrected chi connectivity index (χ2v) is 9.04. The largest absolute Gasteiger partial charge is 0.493 e. The molecule has 4 aromatic rings. The number of hydrogen-bond donors (Lipinski definition) is 1. The number of carbonyl (C=O) groups excluding carboxylic acids is 1. The van der Waals surface area contributed by atoms with E-state index < -0.39 is 5.97 Å². The smallest absolute Gasteiger partial charge is 0.335 e. The van der Waals surface area contributed by atoms with Gasteiger partial charge in [-0.05, 0) is 59.5 Å². The summed E-state index contributed by atoms with van der Waals surface area (Å²) in [6.07, 6.45) is 1.07. The number of aromatic nitrogens is 1. The number of benzene rings is 3. The molecule has 0 amide bonds. The SMILES string of the molecule is COc1cc(-c2ccc3nc(CC(=O)CCc4cccc(C(=O)O)c4)sc3c2)cc(OC)c1OC. The van der Waals surface area contributed by atoms with E-state index in [9.17, 15) is 9.59 Å². The van der Waals surface area contributed by atoms with Gasteiger partial charge in [-0.2, -0.15) is 0 Å². The number of carbonyl (C=O) groups is 2. The number of methoxy groups -OCH3 is 3. The predicted molar refractivity (Wildman–Crippen MR) is 135 cm³/mol. The molecule has 0 atom stereocenters. The van der Waals surface area contributed by atoms with Crippen LogP contribution in [-0.2, 0) is 17.6 Å². The van der Waals surface area contributed by atoms with Crippen molar-refractivity contribution in [2.75, 3.05) is 21.3 Å². The van der Waals surface area contributed by atoms with Gasteiger partial charge >= 0.3 is 5.97 Å². The molecule has 35 heavy (non-hydrogen) atoms. The van der Waals surface area contributed by atoms with Gasteiger partial charge in [0.05, 0.1) is 43.5 Å². The fraction of sp³-hybridized carbons (Fsp3) is 0.222. The second kappa shape index (κ2) is 10.6. The summed E-state index contributed by atoms with van der Waals surface area (Å²) < 4.78 is 17.3. The maximum Gasteiger partial charge on any atom is 0.335 e. The number of carboxylic acid groups (broad SMARTS) is 1. The van der Waals surface area contributed by atoms with Gasteiger partial charge in [0, 0.05) is 6.42 Å². The lowest BCUT2D eigenvalue weighted by Crippen LogP contribution is -2.05. The summed E-state index contributed by atoms with van der Waals surface area (Å²) in [6, 6.07) is 16.4.